The number of piperidine rings is 1. The molecule has 108 valence electrons. The molecule has 1 heterocycles. The van der Waals surface area contributed by atoms with E-state index in [0.717, 1.165) is 26.1 Å². The Morgan fingerprint density at radius 3 is 2.61 bits per heavy atom. The molecule has 0 aromatic rings. The SMILES string of the molecule is COCCOCCCNCC(C)N1CCCCC1. The summed E-state index contributed by atoms with van der Waals surface area (Å²) in [4.78, 5) is 2.60. The van der Waals surface area contributed by atoms with Gasteiger partial charge in [0, 0.05) is 26.3 Å². The van der Waals surface area contributed by atoms with Gasteiger partial charge in [0.1, 0.15) is 0 Å². The maximum atomic E-state index is 5.42. The van der Waals surface area contributed by atoms with Crippen molar-refractivity contribution in [1.29, 1.82) is 0 Å². The zero-order chi connectivity index (χ0) is 13.1. The van der Waals surface area contributed by atoms with E-state index in [9.17, 15) is 0 Å². The first kappa shape index (κ1) is 15.9. The fraction of sp³-hybridized carbons (Fsp3) is 1.00. The van der Waals surface area contributed by atoms with Gasteiger partial charge in [-0.15, -0.1) is 0 Å². The van der Waals surface area contributed by atoms with E-state index < -0.39 is 0 Å². The molecule has 0 aromatic heterocycles. The number of nitrogens with zero attached hydrogens (tertiary/aromatic N) is 1. The topological polar surface area (TPSA) is 33.7 Å². The van der Waals surface area contributed by atoms with Crippen molar-refractivity contribution in [2.24, 2.45) is 0 Å². The zero-order valence-electron chi connectivity index (χ0n) is 12.1. The van der Waals surface area contributed by atoms with Crippen LogP contribution in [0.15, 0.2) is 0 Å². The van der Waals surface area contributed by atoms with Gasteiger partial charge in [-0.3, -0.25) is 4.90 Å². The molecule has 0 amide bonds. The van der Waals surface area contributed by atoms with Gasteiger partial charge >= 0.3 is 0 Å². The van der Waals surface area contributed by atoms with Crippen LogP contribution in [0.5, 0.6) is 0 Å². The Balaban J connectivity index is 1.87. The second kappa shape index (κ2) is 10.7. The Morgan fingerprint density at radius 1 is 1.11 bits per heavy atom. The van der Waals surface area contributed by atoms with Crippen molar-refractivity contribution >= 4 is 0 Å². The van der Waals surface area contributed by atoms with Gasteiger partial charge in [-0.1, -0.05) is 6.42 Å². The Morgan fingerprint density at radius 2 is 1.89 bits per heavy atom. The highest BCUT2D eigenvalue weighted by Gasteiger charge is 2.15. The first-order chi connectivity index (χ1) is 8.84. The second-order valence-corrected chi connectivity index (χ2v) is 5.11. The van der Waals surface area contributed by atoms with Gasteiger partial charge in [0.2, 0.25) is 0 Å². The summed E-state index contributed by atoms with van der Waals surface area (Å²) in [5.41, 5.74) is 0. The van der Waals surface area contributed by atoms with E-state index in [2.05, 4.69) is 17.1 Å². The van der Waals surface area contributed by atoms with Crippen LogP contribution in [0.3, 0.4) is 0 Å². The molecule has 1 aliphatic rings. The van der Waals surface area contributed by atoms with Crippen LogP contribution in [0.4, 0.5) is 0 Å². The monoisotopic (exact) mass is 258 g/mol. The third kappa shape index (κ3) is 7.31. The molecule has 18 heavy (non-hydrogen) atoms. The van der Waals surface area contributed by atoms with E-state index in [4.69, 9.17) is 9.47 Å². The summed E-state index contributed by atoms with van der Waals surface area (Å²) in [5, 5.41) is 3.52. The highest BCUT2D eigenvalue weighted by Crippen LogP contribution is 2.11. The summed E-state index contributed by atoms with van der Waals surface area (Å²) in [5.74, 6) is 0. The molecule has 0 aliphatic carbocycles. The summed E-state index contributed by atoms with van der Waals surface area (Å²) < 4.78 is 10.3. The minimum Gasteiger partial charge on any atom is -0.382 e. The van der Waals surface area contributed by atoms with Crippen molar-refractivity contribution in [3.05, 3.63) is 0 Å². The summed E-state index contributed by atoms with van der Waals surface area (Å²) in [7, 11) is 1.70. The molecule has 1 N–H and O–H groups in total. The normalized spacial score (nSPS) is 19.0. The molecule has 0 bridgehead atoms. The van der Waals surface area contributed by atoms with Crippen LogP contribution in [0, 0.1) is 0 Å². The van der Waals surface area contributed by atoms with Crippen molar-refractivity contribution in [3.8, 4) is 0 Å². The van der Waals surface area contributed by atoms with Crippen molar-refractivity contribution in [1.82, 2.24) is 10.2 Å². The maximum Gasteiger partial charge on any atom is 0.0700 e. The van der Waals surface area contributed by atoms with Gasteiger partial charge < -0.3 is 14.8 Å². The first-order valence-corrected chi connectivity index (χ1v) is 7.36. The number of ether oxygens (including phenoxy) is 2. The molecule has 1 aliphatic heterocycles. The quantitative estimate of drug-likeness (QED) is 0.602. The zero-order valence-corrected chi connectivity index (χ0v) is 12.1. The lowest BCUT2D eigenvalue weighted by atomic mass is 10.1. The lowest BCUT2D eigenvalue weighted by Crippen LogP contribution is -2.43. The van der Waals surface area contributed by atoms with E-state index >= 15 is 0 Å². The van der Waals surface area contributed by atoms with Crippen LogP contribution >= 0.6 is 0 Å². The fourth-order valence-electron chi connectivity index (χ4n) is 2.34. The molecule has 0 radical (unpaired) electrons. The third-order valence-corrected chi connectivity index (χ3v) is 3.53. The second-order valence-electron chi connectivity index (χ2n) is 5.11. The predicted molar refractivity (Wildman–Crippen MR) is 75.1 cm³/mol. The van der Waals surface area contributed by atoms with E-state index in [1.54, 1.807) is 7.11 Å². The van der Waals surface area contributed by atoms with Crippen LogP contribution in [0.1, 0.15) is 32.6 Å². The molecular weight excluding hydrogens is 228 g/mol. The number of hydrogen-bond acceptors (Lipinski definition) is 4. The smallest absolute Gasteiger partial charge is 0.0700 e. The molecule has 4 heteroatoms. The lowest BCUT2D eigenvalue weighted by Gasteiger charge is -2.32. The molecule has 0 spiro atoms. The van der Waals surface area contributed by atoms with E-state index in [1.165, 1.54) is 32.4 Å². The van der Waals surface area contributed by atoms with E-state index in [-0.39, 0.29) is 0 Å². The minimum atomic E-state index is 0.666. The highest BCUT2D eigenvalue weighted by molar-refractivity contribution is 4.73. The molecule has 1 unspecified atom stereocenters. The largest absolute Gasteiger partial charge is 0.382 e. The van der Waals surface area contributed by atoms with Crippen molar-refractivity contribution < 1.29 is 9.47 Å². The van der Waals surface area contributed by atoms with Gasteiger partial charge in [0.15, 0.2) is 0 Å². The van der Waals surface area contributed by atoms with Gasteiger partial charge in [-0.2, -0.15) is 0 Å². The van der Waals surface area contributed by atoms with Gasteiger partial charge in [-0.25, -0.2) is 0 Å². The van der Waals surface area contributed by atoms with Gasteiger partial charge in [0.25, 0.3) is 0 Å². The van der Waals surface area contributed by atoms with Crippen molar-refractivity contribution in [2.75, 3.05) is 53.1 Å². The van der Waals surface area contributed by atoms with Crippen LogP contribution < -0.4 is 5.32 Å². The van der Waals surface area contributed by atoms with Crippen LogP contribution in [0.2, 0.25) is 0 Å². The summed E-state index contributed by atoms with van der Waals surface area (Å²) in [6.07, 6.45) is 5.24. The Bertz CT molecular complexity index is 185. The highest BCUT2D eigenvalue weighted by atomic mass is 16.5. The molecular formula is C14H30N2O2. The van der Waals surface area contributed by atoms with Gasteiger partial charge in [-0.05, 0) is 45.8 Å². The van der Waals surface area contributed by atoms with Crippen LogP contribution in [-0.2, 0) is 9.47 Å². The fourth-order valence-corrected chi connectivity index (χ4v) is 2.34. The molecule has 0 aromatic carbocycles. The summed E-state index contributed by atoms with van der Waals surface area (Å²) >= 11 is 0. The number of methoxy groups -OCH3 is 1. The minimum absolute atomic E-state index is 0.666. The predicted octanol–water partition coefficient (Wildman–Crippen LogP) is 1.50. The maximum absolute atomic E-state index is 5.42. The molecule has 1 saturated heterocycles. The van der Waals surface area contributed by atoms with Crippen LogP contribution in [0.25, 0.3) is 0 Å². The number of rotatable bonds is 10. The number of hydrogen-bond donors (Lipinski definition) is 1. The Hall–Kier alpha value is -0.160. The van der Waals surface area contributed by atoms with Crippen LogP contribution in [-0.4, -0.2) is 64.1 Å². The van der Waals surface area contributed by atoms with Gasteiger partial charge in [0.05, 0.1) is 13.2 Å². The molecule has 4 nitrogen and oxygen atoms in total. The Labute approximate surface area is 112 Å². The molecule has 0 saturated carbocycles. The summed E-state index contributed by atoms with van der Waals surface area (Å²) in [6, 6.07) is 0.666. The van der Waals surface area contributed by atoms with Crippen molar-refractivity contribution in [3.63, 3.8) is 0 Å². The third-order valence-electron chi connectivity index (χ3n) is 3.53. The van der Waals surface area contributed by atoms with E-state index in [0.29, 0.717) is 19.3 Å². The lowest BCUT2D eigenvalue weighted by molar-refractivity contribution is 0.0692. The average Bonchev–Trinajstić information content (AvgIpc) is 2.42. The number of likely N-dealkylation sites (tertiary alicyclic amines) is 1. The van der Waals surface area contributed by atoms with Crippen molar-refractivity contribution in [2.45, 2.75) is 38.6 Å². The average molecular weight is 258 g/mol. The molecule has 1 fully saturated rings. The summed E-state index contributed by atoms with van der Waals surface area (Å²) in [6.45, 7) is 9.26. The Kier molecular flexibility index (Phi) is 9.48. The first-order valence-electron chi connectivity index (χ1n) is 7.36. The molecule has 1 atom stereocenters. The number of nitrogens with one attached hydrogen (secondary N) is 1. The van der Waals surface area contributed by atoms with E-state index in [1.807, 2.05) is 0 Å². The molecule has 1 rings (SSSR count). The standard InChI is InChI=1S/C14H30N2O2/c1-14(16-8-4-3-5-9-16)13-15-7-6-10-18-12-11-17-2/h14-15H,3-13H2,1-2H3.